The van der Waals surface area contributed by atoms with Crippen molar-refractivity contribution in [1.29, 1.82) is 0 Å². The molecule has 0 heterocycles. The van der Waals surface area contributed by atoms with Crippen LogP contribution in [0.2, 0.25) is 0 Å². The van der Waals surface area contributed by atoms with E-state index in [9.17, 15) is 0 Å². The van der Waals surface area contributed by atoms with Gasteiger partial charge in [0.25, 0.3) is 0 Å². The van der Waals surface area contributed by atoms with Crippen LogP contribution in [-0.4, -0.2) is 75.5 Å². The molecule has 14 heavy (non-hydrogen) atoms. The fourth-order valence-electron chi connectivity index (χ4n) is 0. The van der Waals surface area contributed by atoms with Crippen molar-refractivity contribution in [2.45, 2.75) is 0 Å². The Hall–Kier alpha value is 6.86. The van der Waals surface area contributed by atoms with Crippen molar-refractivity contribution < 1.29 is 185 Å². The van der Waals surface area contributed by atoms with Gasteiger partial charge in [0.15, 0.2) is 0 Å². The quantitative estimate of drug-likeness (QED) is 0.270. The minimum atomic E-state index is -4.64. The van der Waals surface area contributed by atoms with E-state index in [1.165, 1.54) is 0 Å². The van der Waals surface area contributed by atoms with Crippen LogP contribution < -0.4 is 165 Å². The Morgan fingerprint density at radius 1 is 0.786 bits per heavy atom. The first-order chi connectivity index (χ1) is 2.00. The van der Waals surface area contributed by atoms with Crippen LogP contribution >= 0.6 is 7.82 Å². The smallest absolute Gasteiger partial charge is 1.00 e. The molecular formula is H4CaCl5K2MgO4P. The maximum absolute atomic E-state index is 8.88. The molecule has 0 aliphatic heterocycles. The van der Waals surface area contributed by atoms with E-state index in [2.05, 4.69) is 0 Å². The Bertz CT molecular complexity index is 83.2. The molecule has 0 rings (SSSR count). The first kappa shape index (κ1) is 69.8. The van der Waals surface area contributed by atoms with Crippen LogP contribution in [0, 0.1) is 0 Å². The van der Waals surface area contributed by atoms with Crippen LogP contribution in [0.4, 0.5) is 0 Å². The standard InChI is InChI=1S/Ca.5ClH.2K.Mg.H3O4P.H/c;;;;;;;;;1-5(2,3)4;/h;5*1H;;;;(H3,1,2,3,4);/q+2;;;;;;2*+1;+2;;-1/p-5. The molecule has 0 fully saturated rings. The fraction of sp³-hybridized carbons (Fsp3) is 0. The van der Waals surface area contributed by atoms with Crippen LogP contribution in [0.5, 0.6) is 0 Å². The Kier molecular flexibility index (Phi) is 213. The van der Waals surface area contributed by atoms with Crippen LogP contribution in [0.1, 0.15) is 1.43 Å². The van der Waals surface area contributed by atoms with Gasteiger partial charge in [-0.25, -0.2) is 4.57 Å². The SMILES string of the molecule is O=P(O)(O)O.[Ca+2].[Cl-].[Cl-].[Cl-].[Cl-].[Cl-].[H-].[K+].[K+].[Mg+2]. The zero-order chi connectivity index (χ0) is 4.50. The van der Waals surface area contributed by atoms with Gasteiger partial charge in [-0.3, -0.25) is 0 Å². The van der Waals surface area contributed by atoms with E-state index in [1.54, 1.807) is 0 Å². The van der Waals surface area contributed by atoms with Gasteiger partial charge in [-0.15, -0.1) is 0 Å². The van der Waals surface area contributed by atoms with Gasteiger partial charge >= 0.3 is 171 Å². The van der Waals surface area contributed by atoms with Crippen LogP contribution in [-0.2, 0) is 4.57 Å². The van der Waals surface area contributed by atoms with Crippen molar-refractivity contribution in [3.8, 4) is 0 Å². The van der Waals surface area contributed by atoms with Gasteiger partial charge < -0.3 is 78.1 Å². The molecule has 74 valence electrons. The van der Waals surface area contributed by atoms with Crippen molar-refractivity contribution in [2.75, 3.05) is 0 Å². The normalized spacial score (nSPS) is 4.21. The molecule has 0 spiro atoms. The molecule has 4 nitrogen and oxygen atoms in total. The van der Waals surface area contributed by atoms with Gasteiger partial charge in [0.1, 0.15) is 0 Å². The summed E-state index contributed by atoms with van der Waals surface area (Å²) in [4.78, 5) is 21.6. The van der Waals surface area contributed by atoms with E-state index in [0.717, 1.165) is 0 Å². The largest absolute Gasteiger partial charge is 2.00 e. The van der Waals surface area contributed by atoms with Gasteiger partial charge in [-0.1, -0.05) is 0 Å². The van der Waals surface area contributed by atoms with E-state index in [4.69, 9.17) is 19.2 Å². The maximum atomic E-state index is 8.88. The Balaban J connectivity index is -0.00000000178. The summed E-state index contributed by atoms with van der Waals surface area (Å²) in [6.45, 7) is 0. The van der Waals surface area contributed by atoms with Gasteiger partial charge in [0.05, 0.1) is 0 Å². The second kappa shape index (κ2) is 42.7. The van der Waals surface area contributed by atoms with Crippen molar-refractivity contribution in [3.05, 3.63) is 0 Å². The van der Waals surface area contributed by atoms with Crippen LogP contribution in [0.25, 0.3) is 0 Å². The van der Waals surface area contributed by atoms with Crippen molar-refractivity contribution in [3.63, 3.8) is 0 Å². The number of hydrogen-bond donors (Lipinski definition) is 3. The van der Waals surface area contributed by atoms with E-state index in [-0.39, 0.29) is 227 Å². The molecule has 0 aromatic carbocycles. The summed E-state index contributed by atoms with van der Waals surface area (Å²) in [6.07, 6.45) is 0. The zero-order valence-electron chi connectivity index (χ0n) is 8.50. The molecule has 0 saturated carbocycles. The summed E-state index contributed by atoms with van der Waals surface area (Å²) in [7, 11) is -4.64. The van der Waals surface area contributed by atoms with Crippen molar-refractivity contribution in [2.24, 2.45) is 0 Å². The zero-order valence-corrected chi connectivity index (χ0v) is 22.0. The van der Waals surface area contributed by atoms with Gasteiger partial charge in [-0.2, -0.15) is 0 Å². The molecule has 0 atom stereocenters. The Morgan fingerprint density at radius 3 is 0.786 bits per heavy atom. The summed E-state index contributed by atoms with van der Waals surface area (Å²) < 4.78 is 8.88. The minimum absolute atomic E-state index is 0. The third-order valence-electron chi connectivity index (χ3n) is 0. The second-order valence-corrected chi connectivity index (χ2v) is 1.54. The molecule has 0 radical (unpaired) electrons. The molecule has 0 bridgehead atoms. The summed E-state index contributed by atoms with van der Waals surface area (Å²) in [5, 5.41) is 0. The molecule has 0 saturated heterocycles. The third kappa shape index (κ3) is 128. The summed E-state index contributed by atoms with van der Waals surface area (Å²) in [5.74, 6) is 0. The molecule has 0 unspecified atom stereocenters. The first-order valence-electron chi connectivity index (χ1n) is 0.783. The third-order valence-corrected chi connectivity index (χ3v) is 0. The average molecular weight is 419 g/mol. The molecule has 0 aromatic rings. The maximum Gasteiger partial charge on any atom is 2.00 e. The molecule has 3 N–H and O–H groups in total. The monoisotopic (exact) mass is 416 g/mol. The van der Waals surface area contributed by atoms with Crippen molar-refractivity contribution in [1.82, 2.24) is 0 Å². The van der Waals surface area contributed by atoms with E-state index < -0.39 is 7.82 Å². The predicted octanol–water partition coefficient (Wildman–Crippen LogP) is -22.5. The molecule has 0 aromatic heterocycles. The van der Waals surface area contributed by atoms with Crippen LogP contribution in [0.15, 0.2) is 0 Å². The fourth-order valence-corrected chi connectivity index (χ4v) is 0. The number of phosphoric acid groups is 1. The predicted molar refractivity (Wildman–Crippen MR) is 26.9 cm³/mol. The van der Waals surface area contributed by atoms with E-state index in [1.807, 2.05) is 0 Å². The van der Waals surface area contributed by atoms with Crippen molar-refractivity contribution >= 4 is 68.6 Å². The van der Waals surface area contributed by atoms with E-state index in [0.29, 0.717) is 0 Å². The topological polar surface area (TPSA) is 77.8 Å². The second-order valence-electron chi connectivity index (χ2n) is 0.513. The van der Waals surface area contributed by atoms with Gasteiger partial charge in [0, 0.05) is 0 Å². The van der Waals surface area contributed by atoms with Gasteiger partial charge in [-0.05, 0) is 0 Å². The summed E-state index contributed by atoms with van der Waals surface area (Å²) in [6, 6.07) is 0. The average Bonchev–Trinajstić information content (AvgIpc) is 0.722. The van der Waals surface area contributed by atoms with Gasteiger partial charge in [0.2, 0.25) is 0 Å². The Labute approximate surface area is 247 Å². The minimum Gasteiger partial charge on any atom is -1.00 e. The molecule has 0 amide bonds. The first-order valence-corrected chi connectivity index (χ1v) is 2.35. The summed E-state index contributed by atoms with van der Waals surface area (Å²) in [5.41, 5.74) is 0. The summed E-state index contributed by atoms with van der Waals surface area (Å²) >= 11 is 0. The molecule has 0 aliphatic rings. The molecule has 14 heteroatoms. The Morgan fingerprint density at radius 2 is 0.786 bits per heavy atom. The molecule has 0 aliphatic carbocycles. The van der Waals surface area contributed by atoms with Crippen LogP contribution in [0.3, 0.4) is 0 Å². The number of halogens is 5. The molecular weight excluding hydrogens is 415 g/mol. The van der Waals surface area contributed by atoms with E-state index >= 15 is 0 Å². The number of hydrogen-bond acceptors (Lipinski definition) is 1. The number of rotatable bonds is 0.